The molecule has 2 aromatic carbocycles. The van der Waals surface area contributed by atoms with E-state index in [9.17, 15) is 9.59 Å². The van der Waals surface area contributed by atoms with Crippen molar-refractivity contribution < 1.29 is 0 Å². The van der Waals surface area contributed by atoms with Gasteiger partial charge in [-0.3, -0.25) is 9.36 Å². The summed E-state index contributed by atoms with van der Waals surface area (Å²) in [5.74, 6) is 0.290. The highest BCUT2D eigenvalue weighted by Gasteiger charge is 2.19. The SMILES string of the molecule is O=c1c2sccc2n2c(=O)n(Cc3ccccc3Cl)nc2n1Cc1ccc(Cl)cc1. The Labute approximate surface area is 184 Å². The Kier molecular flexibility index (Phi) is 4.73. The number of thiophene rings is 1. The molecule has 6 nitrogen and oxygen atoms in total. The standard InChI is InChI=1S/C21H14Cl2N4O2S/c22-15-7-5-13(6-8-15)11-25-19(28)18-17(9-10-30-18)27-20(25)24-26(21(27)29)12-14-3-1-2-4-16(14)23/h1-10H,11-12H2. The first kappa shape index (κ1) is 19.1. The third-order valence-electron chi connectivity index (χ3n) is 4.92. The Hall–Kier alpha value is -2.87. The fraction of sp³-hybridized carbons (Fsp3) is 0.0952. The largest absolute Gasteiger partial charge is 0.352 e. The van der Waals surface area contributed by atoms with Gasteiger partial charge in [0.05, 0.1) is 18.6 Å². The van der Waals surface area contributed by atoms with Crippen molar-refractivity contribution in [1.82, 2.24) is 18.7 Å². The smallest absolute Gasteiger partial charge is 0.271 e. The van der Waals surface area contributed by atoms with E-state index in [0.717, 1.165) is 11.1 Å². The average Bonchev–Trinajstić information content (AvgIpc) is 3.34. The van der Waals surface area contributed by atoms with Gasteiger partial charge in [-0.25, -0.2) is 13.9 Å². The highest BCUT2D eigenvalue weighted by molar-refractivity contribution is 7.17. The zero-order valence-corrected chi connectivity index (χ0v) is 17.8. The van der Waals surface area contributed by atoms with Gasteiger partial charge in [-0.15, -0.1) is 16.4 Å². The van der Waals surface area contributed by atoms with Crippen molar-refractivity contribution in [3.63, 3.8) is 0 Å². The third-order valence-corrected chi connectivity index (χ3v) is 6.43. The van der Waals surface area contributed by atoms with E-state index in [1.165, 1.54) is 25.0 Å². The van der Waals surface area contributed by atoms with Crippen LogP contribution in [0.15, 0.2) is 69.6 Å². The van der Waals surface area contributed by atoms with Gasteiger partial charge < -0.3 is 0 Å². The third kappa shape index (κ3) is 3.15. The van der Waals surface area contributed by atoms with Gasteiger partial charge in [-0.05, 0) is 40.8 Å². The molecule has 0 aliphatic rings. The van der Waals surface area contributed by atoms with Crippen LogP contribution in [0.4, 0.5) is 0 Å². The second-order valence-corrected chi connectivity index (χ2v) is 8.58. The lowest BCUT2D eigenvalue weighted by Gasteiger charge is -2.08. The fourth-order valence-electron chi connectivity index (χ4n) is 3.44. The van der Waals surface area contributed by atoms with E-state index >= 15 is 0 Å². The highest BCUT2D eigenvalue weighted by Crippen LogP contribution is 2.19. The van der Waals surface area contributed by atoms with E-state index in [1.807, 2.05) is 30.3 Å². The van der Waals surface area contributed by atoms with Crippen LogP contribution in [0.3, 0.4) is 0 Å². The lowest BCUT2D eigenvalue weighted by atomic mass is 10.2. The number of hydrogen-bond acceptors (Lipinski definition) is 4. The van der Waals surface area contributed by atoms with Crippen LogP contribution in [0.1, 0.15) is 11.1 Å². The molecular formula is C21H14Cl2N4O2S. The number of fused-ring (bicyclic) bond motifs is 3. The molecule has 0 unspecified atom stereocenters. The molecule has 0 bridgehead atoms. The number of halogens is 2. The lowest BCUT2D eigenvalue weighted by Crippen LogP contribution is -2.26. The van der Waals surface area contributed by atoms with Crippen LogP contribution in [0.2, 0.25) is 10.0 Å². The Bertz CT molecular complexity index is 1510. The molecular weight excluding hydrogens is 443 g/mol. The van der Waals surface area contributed by atoms with Crippen LogP contribution in [-0.2, 0) is 13.1 Å². The Morgan fingerprint density at radius 3 is 2.47 bits per heavy atom. The van der Waals surface area contributed by atoms with Crippen molar-refractivity contribution in [1.29, 1.82) is 0 Å². The summed E-state index contributed by atoms with van der Waals surface area (Å²) in [6, 6.07) is 16.3. The summed E-state index contributed by atoms with van der Waals surface area (Å²) >= 11 is 13.6. The maximum Gasteiger partial charge on any atom is 0.352 e. The van der Waals surface area contributed by atoms with Crippen molar-refractivity contribution in [2.45, 2.75) is 13.1 Å². The van der Waals surface area contributed by atoms with Crippen molar-refractivity contribution in [2.75, 3.05) is 0 Å². The van der Waals surface area contributed by atoms with E-state index in [4.69, 9.17) is 23.2 Å². The van der Waals surface area contributed by atoms with Gasteiger partial charge in [0.2, 0.25) is 5.78 Å². The monoisotopic (exact) mass is 456 g/mol. The van der Waals surface area contributed by atoms with Crippen molar-refractivity contribution in [3.05, 3.63) is 102 Å². The molecule has 0 aliphatic heterocycles. The van der Waals surface area contributed by atoms with Crippen LogP contribution in [-0.4, -0.2) is 18.7 Å². The maximum absolute atomic E-state index is 13.2. The molecule has 0 saturated carbocycles. The maximum atomic E-state index is 13.2. The second-order valence-electron chi connectivity index (χ2n) is 6.82. The molecule has 0 aliphatic carbocycles. The van der Waals surface area contributed by atoms with Gasteiger partial charge in [-0.1, -0.05) is 53.5 Å². The van der Waals surface area contributed by atoms with E-state index in [1.54, 1.807) is 29.6 Å². The molecule has 0 atom stereocenters. The summed E-state index contributed by atoms with van der Waals surface area (Å²) in [6.07, 6.45) is 0. The van der Waals surface area contributed by atoms with Crippen molar-refractivity contribution in [3.8, 4) is 0 Å². The quantitative estimate of drug-likeness (QED) is 0.405. The Morgan fingerprint density at radius 1 is 0.933 bits per heavy atom. The minimum absolute atomic E-state index is 0.183. The summed E-state index contributed by atoms with van der Waals surface area (Å²) in [4.78, 5) is 26.4. The first-order valence-electron chi connectivity index (χ1n) is 9.10. The summed E-state index contributed by atoms with van der Waals surface area (Å²) in [6.45, 7) is 0.483. The average molecular weight is 457 g/mol. The molecule has 150 valence electrons. The molecule has 0 spiro atoms. The van der Waals surface area contributed by atoms with Crippen LogP contribution in [0.5, 0.6) is 0 Å². The highest BCUT2D eigenvalue weighted by atomic mass is 35.5. The van der Waals surface area contributed by atoms with Crippen molar-refractivity contribution in [2.24, 2.45) is 0 Å². The second kappa shape index (κ2) is 7.43. The molecule has 5 rings (SSSR count). The molecule has 9 heteroatoms. The predicted molar refractivity (Wildman–Crippen MR) is 120 cm³/mol. The molecule has 0 radical (unpaired) electrons. The number of benzene rings is 2. The van der Waals surface area contributed by atoms with E-state index in [-0.39, 0.29) is 30.1 Å². The van der Waals surface area contributed by atoms with Gasteiger partial charge in [-0.2, -0.15) is 0 Å². The summed E-state index contributed by atoms with van der Waals surface area (Å²) in [5, 5.41) is 7.48. The number of rotatable bonds is 4. The van der Waals surface area contributed by atoms with Gasteiger partial charge in [0.1, 0.15) is 4.70 Å². The van der Waals surface area contributed by atoms with E-state index in [0.29, 0.717) is 20.3 Å². The van der Waals surface area contributed by atoms with Gasteiger partial charge >= 0.3 is 5.69 Å². The topological polar surface area (TPSA) is 61.3 Å². The number of aromatic nitrogens is 4. The number of hydrogen-bond donors (Lipinski definition) is 0. The fourth-order valence-corrected chi connectivity index (χ4v) is 4.59. The Balaban J connectivity index is 1.73. The van der Waals surface area contributed by atoms with E-state index < -0.39 is 0 Å². The zero-order chi connectivity index (χ0) is 20.8. The molecule has 0 fully saturated rings. The minimum atomic E-state index is -0.321. The molecule has 3 aromatic heterocycles. The molecule has 0 N–H and O–H groups in total. The lowest BCUT2D eigenvalue weighted by molar-refractivity contribution is 0.655. The van der Waals surface area contributed by atoms with E-state index in [2.05, 4.69) is 5.10 Å². The molecule has 3 heterocycles. The van der Waals surface area contributed by atoms with Crippen LogP contribution >= 0.6 is 34.5 Å². The van der Waals surface area contributed by atoms with Gasteiger partial charge in [0, 0.05) is 10.0 Å². The first-order chi connectivity index (χ1) is 14.5. The molecule has 30 heavy (non-hydrogen) atoms. The van der Waals surface area contributed by atoms with Gasteiger partial charge in [0.25, 0.3) is 5.56 Å². The summed E-state index contributed by atoms with van der Waals surface area (Å²) in [7, 11) is 0. The normalized spacial score (nSPS) is 11.5. The number of nitrogens with zero attached hydrogens (tertiary/aromatic N) is 4. The van der Waals surface area contributed by atoms with Crippen LogP contribution in [0, 0.1) is 0 Å². The molecule has 0 saturated heterocycles. The predicted octanol–water partition coefficient (Wildman–Crippen LogP) is 4.28. The Morgan fingerprint density at radius 2 is 1.70 bits per heavy atom. The molecule has 5 aromatic rings. The minimum Gasteiger partial charge on any atom is -0.271 e. The summed E-state index contributed by atoms with van der Waals surface area (Å²) in [5.41, 5.74) is 1.71. The first-order valence-corrected chi connectivity index (χ1v) is 10.7. The summed E-state index contributed by atoms with van der Waals surface area (Å²) < 4.78 is 4.86. The van der Waals surface area contributed by atoms with Crippen LogP contribution < -0.4 is 11.2 Å². The van der Waals surface area contributed by atoms with Crippen LogP contribution in [0.25, 0.3) is 16.0 Å². The molecule has 0 amide bonds. The van der Waals surface area contributed by atoms with Gasteiger partial charge in [0.15, 0.2) is 0 Å². The zero-order valence-electron chi connectivity index (χ0n) is 15.5. The van der Waals surface area contributed by atoms with Crippen molar-refractivity contribution >= 4 is 50.5 Å².